The number of fused-ring (bicyclic) bond motifs is 1. The lowest BCUT2D eigenvalue weighted by Gasteiger charge is -2.25. The van der Waals surface area contributed by atoms with Gasteiger partial charge in [0.05, 0.1) is 6.61 Å². The number of hydrogen-bond acceptors (Lipinski definition) is 4. The van der Waals surface area contributed by atoms with Crippen molar-refractivity contribution in [2.75, 3.05) is 13.2 Å². The van der Waals surface area contributed by atoms with Crippen molar-refractivity contribution in [3.8, 4) is 17.2 Å². The second kappa shape index (κ2) is 7.05. The van der Waals surface area contributed by atoms with Crippen LogP contribution in [0.4, 0.5) is 0 Å². The number of carbonyl (C=O) groups excluding carboxylic acids is 1. The molecule has 2 aromatic carbocycles. The summed E-state index contributed by atoms with van der Waals surface area (Å²) in [4.78, 5) is 12.3. The van der Waals surface area contributed by atoms with Gasteiger partial charge >= 0.3 is 0 Å². The van der Waals surface area contributed by atoms with Crippen molar-refractivity contribution < 1.29 is 19.0 Å². The van der Waals surface area contributed by atoms with E-state index in [0.29, 0.717) is 24.7 Å². The van der Waals surface area contributed by atoms with Gasteiger partial charge in [0.2, 0.25) is 6.10 Å². The number of amides is 1. The van der Waals surface area contributed by atoms with Crippen molar-refractivity contribution in [1.29, 1.82) is 0 Å². The number of carbonyl (C=O) groups is 1. The van der Waals surface area contributed by atoms with Crippen LogP contribution in [0.5, 0.6) is 17.2 Å². The van der Waals surface area contributed by atoms with Crippen LogP contribution >= 0.6 is 0 Å². The van der Waals surface area contributed by atoms with Gasteiger partial charge in [-0.25, -0.2) is 0 Å². The molecule has 1 atom stereocenters. The standard InChI is InChI=1S/C18H19NO4/c1-2-21-14-8-4-3-7-13(14)11-19-18(20)17-12-22-15-9-5-6-10-16(15)23-17/h3-10,17H,2,11-12H2,1H3,(H,19,20)/t17-/m0/s1. The maximum absolute atomic E-state index is 12.3. The number of ether oxygens (including phenoxy) is 3. The number of rotatable bonds is 5. The summed E-state index contributed by atoms with van der Waals surface area (Å²) in [5.41, 5.74) is 0.930. The van der Waals surface area contributed by atoms with E-state index in [9.17, 15) is 4.79 Å². The zero-order valence-corrected chi connectivity index (χ0v) is 13.0. The first-order valence-corrected chi connectivity index (χ1v) is 7.65. The van der Waals surface area contributed by atoms with E-state index >= 15 is 0 Å². The van der Waals surface area contributed by atoms with E-state index < -0.39 is 6.10 Å². The quantitative estimate of drug-likeness (QED) is 0.921. The lowest BCUT2D eigenvalue weighted by molar-refractivity contribution is -0.130. The lowest BCUT2D eigenvalue weighted by atomic mass is 10.2. The molecule has 23 heavy (non-hydrogen) atoms. The zero-order valence-electron chi connectivity index (χ0n) is 13.0. The van der Waals surface area contributed by atoms with Gasteiger partial charge in [-0.2, -0.15) is 0 Å². The third kappa shape index (κ3) is 3.56. The average Bonchev–Trinajstić information content (AvgIpc) is 2.60. The van der Waals surface area contributed by atoms with Crippen LogP contribution in [0.2, 0.25) is 0 Å². The Labute approximate surface area is 135 Å². The molecule has 0 unspecified atom stereocenters. The van der Waals surface area contributed by atoms with E-state index in [1.165, 1.54) is 0 Å². The molecule has 1 amide bonds. The highest BCUT2D eigenvalue weighted by molar-refractivity contribution is 5.81. The van der Waals surface area contributed by atoms with Gasteiger partial charge in [0.15, 0.2) is 11.5 Å². The second-order valence-corrected chi connectivity index (χ2v) is 5.12. The molecule has 0 bridgehead atoms. The first-order chi connectivity index (χ1) is 11.3. The largest absolute Gasteiger partial charge is 0.494 e. The topological polar surface area (TPSA) is 56.8 Å². The van der Waals surface area contributed by atoms with Crippen molar-refractivity contribution >= 4 is 5.91 Å². The van der Waals surface area contributed by atoms with Crippen LogP contribution in [0.15, 0.2) is 48.5 Å². The van der Waals surface area contributed by atoms with Gasteiger partial charge in [0, 0.05) is 12.1 Å². The van der Waals surface area contributed by atoms with Crippen LogP contribution in [0.1, 0.15) is 12.5 Å². The molecule has 5 heteroatoms. The molecule has 1 aliphatic heterocycles. The SMILES string of the molecule is CCOc1ccccc1CNC(=O)[C@@H]1COc2ccccc2O1. The highest BCUT2D eigenvalue weighted by Gasteiger charge is 2.27. The fraction of sp³-hybridized carbons (Fsp3) is 0.278. The molecule has 0 aromatic heterocycles. The predicted molar refractivity (Wildman–Crippen MR) is 85.8 cm³/mol. The summed E-state index contributed by atoms with van der Waals surface area (Å²) >= 11 is 0. The summed E-state index contributed by atoms with van der Waals surface area (Å²) in [6.45, 7) is 3.10. The Hall–Kier alpha value is -2.69. The Morgan fingerprint density at radius 2 is 1.91 bits per heavy atom. The smallest absolute Gasteiger partial charge is 0.264 e. The minimum Gasteiger partial charge on any atom is -0.494 e. The van der Waals surface area contributed by atoms with Crippen LogP contribution in [0, 0.1) is 0 Å². The molecular formula is C18H19NO4. The van der Waals surface area contributed by atoms with E-state index in [1.807, 2.05) is 49.4 Å². The molecule has 0 saturated heterocycles. The Balaban J connectivity index is 1.60. The fourth-order valence-electron chi connectivity index (χ4n) is 2.39. The first-order valence-electron chi connectivity index (χ1n) is 7.65. The summed E-state index contributed by atoms with van der Waals surface area (Å²) in [5.74, 6) is 1.83. The molecule has 0 aliphatic carbocycles. The van der Waals surface area contributed by atoms with E-state index in [2.05, 4.69) is 5.32 Å². The summed E-state index contributed by atoms with van der Waals surface area (Å²) in [5, 5.41) is 2.87. The predicted octanol–water partition coefficient (Wildman–Crippen LogP) is 2.54. The van der Waals surface area contributed by atoms with Crippen LogP contribution in [-0.2, 0) is 11.3 Å². The van der Waals surface area contributed by atoms with Crippen molar-refractivity contribution in [2.24, 2.45) is 0 Å². The summed E-state index contributed by atoms with van der Waals surface area (Å²) < 4.78 is 16.8. The Morgan fingerprint density at radius 1 is 1.17 bits per heavy atom. The molecule has 0 fully saturated rings. The van der Waals surface area contributed by atoms with Crippen LogP contribution in [-0.4, -0.2) is 25.2 Å². The van der Waals surface area contributed by atoms with Gasteiger partial charge < -0.3 is 19.5 Å². The maximum atomic E-state index is 12.3. The van der Waals surface area contributed by atoms with E-state index in [-0.39, 0.29) is 12.5 Å². The highest BCUT2D eigenvalue weighted by Crippen LogP contribution is 2.30. The zero-order chi connectivity index (χ0) is 16.1. The minimum atomic E-state index is -0.649. The molecule has 5 nitrogen and oxygen atoms in total. The summed E-state index contributed by atoms with van der Waals surface area (Å²) in [6, 6.07) is 15.0. The molecule has 1 N–H and O–H groups in total. The van der Waals surface area contributed by atoms with Crippen molar-refractivity contribution in [3.05, 3.63) is 54.1 Å². The van der Waals surface area contributed by atoms with Gasteiger partial charge in [-0.1, -0.05) is 30.3 Å². The molecule has 2 aromatic rings. The second-order valence-electron chi connectivity index (χ2n) is 5.12. The number of nitrogens with one attached hydrogen (secondary N) is 1. The lowest BCUT2D eigenvalue weighted by Crippen LogP contribution is -2.43. The van der Waals surface area contributed by atoms with Crippen LogP contribution in [0.3, 0.4) is 0 Å². The van der Waals surface area contributed by atoms with E-state index in [1.54, 1.807) is 6.07 Å². The third-order valence-corrected chi connectivity index (χ3v) is 3.53. The van der Waals surface area contributed by atoms with E-state index in [0.717, 1.165) is 11.3 Å². The first kappa shape index (κ1) is 15.2. The van der Waals surface area contributed by atoms with Crippen LogP contribution in [0.25, 0.3) is 0 Å². The average molecular weight is 313 g/mol. The van der Waals surface area contributed by atoms with Gasteiger partial charge in [0.25, 0.3) is 5.91 Å². The fourth-order valence-corrected chi connectivity index (χ4v) is 2.39. The highest BCUT2D eigenvalue weighted by atomic mass is 16.6. The monoisotopic (exact) mass is 313 g/mol. The van der Waals surface area contributed by atoms with Crippen molar-refractivity contribution in [3.63, 3.8) is 0 Å². The molecule has 0 radical (unpaired) electrons. The van der Waals surface area contributed by atoms with Gasteiger partial charge in [-0.15, -0.1) is 0 Å². The molecule has 120 valence electrons. The molecule has 1 aliphatic rings. The van der Waals surface area contributed by atoms with Gasteiger partial charge in [-0.05, 0) is 25.1 Å². The number of para-hydroxylation sites is 3. The molecule has 1 heterocycles. The molecule has 0 saturated carbocycles. The van der Waals surface area contributed by atoms with E-state index in [4.69, 9.17) is 14.2 Å². The Bertz CT molecular complexity index is 686. The van der Waals surface area contributed by atoms with Crippen LogP contribution < -0.4 is 19.5 Å². The normalized spacial score (nSPS) is 15.8. The van der Waals surface area contributed by atoms with Gasteiger partial charge in [-0.3, -0.25) is 4.79 Å². The molecule has 3 rings (SSSR count). The number of hydrogen-bond donors (Lipinski definition) is 1. The van der Waals surface area contributed by atoms with Crippen molar-refractivity contribution in [1.82, 2.24) is 5.32 Å². The Morgan fingerprint density at radius 3 is 2.74 bits per heavy atom. The number of benzene rings is 2. The summed E-state index contributed by atoms with van der Waals surface area (Å²) in [7, 11) is 0. The third-order valence-electron chi connectivity index (χ3n) is 3.53. The molecule has 0 spiro atoms. The molecular weight excluding hydrogens is 294 g/mol. The maximum Gasteiger partial charge on any atom is 0.264 e. The minimum absolute atomic E-state index is 0.203. The summed E-state index contributed by atoms with van der Waals surface area (Å²) in [6.07, 6.45) is -0.649. The van der Waals surface area contributed by atoms with Crippen molar-refractivity contribution in [2.45, 2.75) is 19.6 Å². The Kier molecular flexibility index (Phi) is 4.66. The van der Waals surface area contributed by atoms with Gasteiger partial charge in [0.1, 0.15) is 12.4 Å².